The molecule has 0 aromatic heterocycles. The number of rotatable bonds is 5. The number of hydrogen-bond donors (Lipinski definition) is 0. The molecule has 0 aliphatic heterocycles. The second kappa shape index (κ2) is 6.93. The van der Waals surface area contributed by atoms with Gasteiger partial charge >= 0.3 is 0 Å². The molecule has 2 aromatic rings. The first-order valence-electron chi connectivity index (χ1n) is 7.86. The van der Waals surface area contributed by atoms with Crippen molar-refractivity contribution in [2.75, 3.05) is 7.05 Å². The maximum Gasteiger partial charge on any atom is 0.269 e. The second-order valence-corrected chi connectivity index (χ2v) is 8.21. The number of non-ortho nitro benzene ring substituents is 1. The maximum absolute atomic E-state index is 13.1. The van der Waals surface area contributed by atoms with E-state index >= 15 is 0 Å². The monoisotopic (exact) mass is 362 g/mol. The first kappa shape index (κ1) is 19.1. The molecule has 1 atom stereocenters. The standard InChI is InChI=1S/C18H22N2O4S/c1-12-9-13(2)18(14(3)10-12)25(23,24)19(5)15(4)16-7-6-8-17(11-16)20(21)22/h6-11,15H,1-5H3. The van der Waals surface area contributed by atoms with Gasteiger partial charge in [0.2, 0.25) is 10.0 Å². The van der Waals surface area contributed by atoms with Crippen molar-refractivity contribution in [2.24, 2.45) is 0 Å². The zero-order valence-corrected chi connectivity index (χ0v) is 15.8. The third-order valence-corrected chi connectivity index (χ3v) is 6.58. The number of aryl methyl sites for hydroxylation is 3. The Labute approximate surface area is 148 Å². The van der Waals surface area contributed by atoms with Crippen LogP contribution in [0.2, 0.25) is 0 Å². The molecule has 0 bridgehead atoms. The third-order valence-electron chi connectivity index (χ3n) is 4.35. The van der Waals surface area contributed by atoms with Crippen molar-refractivity contribution in [2.45, 2.75) is 38.6 Å². The summed E-state index contributed by atoms with van der Waals surface area (Å²) in [5, 5.41) is 11.0. The molecule has 0 aliphatic rings. The molecule has 2 aromatic carbocycles. The lowest BCUT2D eigenvalue weighted by molar-refractivity contribution is -0.384. The Balaban J connectivity index is 2.47. The van der Waals surface area contributed by atoms with Crippen LogP contribution in [0.3, 0.4) is 0 Å². The van der Waals surface area contributed by atoms with Crippen molar-refractivity contribution in [1.29, 1.82) is 0 Å². The zero-order valence-electron chi connectivity index (χ0n) is 15.0. The smallest absolute Gasteiger partial charge is 0.258 e. The summed E-state index contributed by atoms with van der Waals surface area (Å²) in [6, 6.07) is 9.19. The van der Waals surface area contributed by atoms with Crippen LogP contribution in [-0.2, 0) is 10.0 Å². The molecular weight excluding hydrogens is 340 g/mol. The van der Waals surface area contributed by atoms with Crippen LogP contribution in [0, 0.1) is 30.9 Å². The molecule has 0 amide bonds. The number of nitrogens with zero attached hydrogens (tertiary/aromatic N) is 2. The Hall–Kier alpha value is -2.25. The van der Waals surface area contributed by atoms with Gasteiger partial charge in [0.05, 0.1) is 9.82 Å². The number of nitro groups is 1. The molecule has 25 heavy (non-hydrogen) atoms. The average molecular weight is 362 g/mol. The Morgan fingerprint density at radius 1 is 1.08 bits per heavy atom. The largest absolute Gasteiger partial charge is 0.269 e. The zero-order chi connectivity index (χ0) is 18.9. The fourth-order valence-corrected chi connectivity index (χ4v) is 4.79. The predicted octanol–water partition coefficient (Wildman–Crippen LogP) is 3.90. The highest BCUT2D eigenvalue weighted by Crippen LogP contribution is 2.31. The van der Waals surface area contributed by atoms with Gasteiger partial charge in [0, 0.05) is 25.2 Å². The predicted molar refractivity (Wildman–Crippen MR) is 97.1 cm³/mol. The lowest BCUT2D eigenvalue weighted by Crippen LogP contribution is -2.31. The van der Waals surface area contributed by atoms with Gasteiger partial charge in [-0.15, -0.1) is 0 Å². The minimum Gasteiger partial charge on any atom is -0.258 e. The van der Waals surface area contributed by atoms with Crippen LogP contribution in [0.4, 0.5) is 5.69 Å². The third kappa shape index (κ3) is 3.72. The van der Waals surface area contributed by atoms with Crippen molar-refractivity contribution in [3.8, 4) is 0 Å². The summed E-state index contributed by atoms with van der Waals surface area (Å²) in [6.45, 7) is 7.19. The fourth-order valence-electron chi connectivity index (χ4n) is 3.03. The first-order valence-corrected chi connectivity index (χ1v) is 9.30. The molecule has 134 valence electrons. The molecule has 7 heteroatoms. The highest BCUT2D eigenvalue weighted by atomic mass is 32.2. The summed E-state index contributed by atoms with van der Waals surface area (Å²) >= 11 is 0. The van der Waals surface area contributed by atoms with E-state index in [0.717, 1.165) is 5.56 Å². The van der Waals surface area contributed by atoms with Gasteiger partial charge in [0.1, 0.15) is 0 Å². The van der Waals surface area contributed by atoms with E-state index in [2.05, 4.69) is 0 Å². The Bertz CT molecular complexity index is 899. The molecule has 6 nitrogen and oxygen atoms in total. The molecule has 0 heterocycles. The van der Waals surface area contributed by atoms with Gasteiger partial charge in [-0.2, -0.15) is 4.31 Å². The molecule has 1 unspecified atom stereocenters. The quantitative estimate of drug-likeness (QED) is 0.597. The first-order chi connectivity index (χ1) is 11.6. The molecule has 0 saturated carbocycles. The lowest BCUT2D eigenvalue weighted by Gasteiger charge is -2.26. The normalized spacial score (nSPS) is 13.0. The molecular formula is C18H22N2O4S. The Morgan fingerprint density at radius 3 is 2.16 bits per heavy atom. The average Bonchev–Trinajstić information content (AvgIpc) is 2.52. The van der Waals surface area contributed by atoms with Crippen LogP contribution < -0.4 is 0 Å². The number of sulfonamides is 1. The van der Waals surface area contributed by atoms with Crippen LogP contribution in [0.1, 0.15) is 35.2 Å². The Morgan fingerprint density at radius 2 is 1.64 bits per heavy atom. The number of benzene rings is 2. The number of nitro benzene ring substituents is 1. The summed E-state index contributed by atoms with van der Waals surface area (Å²) in [7, 11) is -2.24. The van der Waals surface area contributed by atoms with Crippen molar-refractivity contribution in [3.63, 3.8) is 0 Å². The molecule has 0 N–H and O–H groups in total. The van der Waals surface area contributed by atoms with E-state index in [4.69, 9.17) is 0 Å². The van der Waals surface area contributed by atoms with Gasteiger partial charge in [-0.25, -0.2) is 8.42 Å². The van der Waals surface area contributed by atoms with Crippen molar-refractivity contribution in [1.82, 2.24) is 4.31 Å². The van der Waals surface area contributed by atoms with E-state index < -0.39 is 21.0 Å². The summed E-state index contributed by atoms with van der Waals surface area (Å²) in [5.74, 6) is 0. The second-order valence-electron chi connectivity index (χ2n) is 6.28. The van der Waals surface area contributed by atoms with Gasteiger partial charge in [-0.1, -0.05) is 29.8 Å². The van der Waals surface area contributed by atoms with Gasteiger partial charge in [-0.3, -0.25) is 10.1 Å². The minimum atomic E-state index is -3.73. The molecule has 0 saturated heterocycles. The van der Waals surface area contributed by atoms with E-state index in [1.807, 2.05) is 19.1 Å². The highest BCUT2D eigenvalue weighted by molar-refractivity contribution is 7.89. The molecule has 0 radical (unpaired) electrons. The summed E-state index contributed by atoms with van der Waals surface area (Å²) in [5.41, 5.74) is 2.90. The van der Waals surface area contributed by atoms with Gasteiger partial charge in [-0.05, 0) is 44.4 Å². The van der Waals surface area contributed by atoms with Crippen LogP contribution in [0.25, 0.3) is 0 Å². The van der Waals surface area contributed by atoms with E-state index in [1.165, 1.54) is 23.5 Å². The highest BCUT2D eigenvalue weighted by Gasteiger charge is 2.29. The molecule has 2 rings (SSSR count). The molecule has 0 aliphatic carbocycles. The van der Waals surface area contributed by atoms with Crippen LogP contribution >= 0.6 is 0 Å². The summed E-state index contributed by atoms with van der Waals surface area (Å²) in [6.07, 6.45) is 0. The van der Waals surface area contributed by atoms with Gasteiger partial charge in [0.25, 0.3) is 5.69 Å². The van der Waals surface area contributed by atoms with Crippen molar-refractivity contribution >= 4 is 15.7 Å². The van der Waals surface area contributed by atoms with Crippen molar-refractivity contribution < 1.29 is 13.3 Å². The van der Waals surface area contributed by atoms with E-state index in [9.17, 15) is 18.5 Å². The number of hydrogen-bond acceptors (Lipinski definition) is 4. The fraction of sp³-hybridized carbons (Fsp3) is 0.333. The minimum absolute atomic E-state index is 0.0576. The van der Waals surface area contributed by atoms with Crippen LogP contribution in [0.5, 0.6) is 0 Å². The van der Waals surface area contributed by atoms with Gasteiger partial charge < -0.3 is 0 Å². The SMILES string of the molecule is Cc1cc(C)c(S(=O)(=O)N(C)C(C)c2cccc([N+](=O)[O-])c2)c(C)c1. The van der Waals surface area contributed by atoms with Crippen molar-refractivity contribution in [3.05, 3.63) is 68.8 Å². The topological polar surface area (TPSA) is 80.5 Å². The molecule has 0 spiro atoms. The van der Waals surface area contributed by atoms with E-state index in [-0.39, 0.29) is 10.6 Å². The summed E-state index contributed by atoms with van der Waals surface area (Å²) in [4.78, 5) is 10.8. The Kier molecular flexibility index (Phi) is 5.29. The van der Waals surface area contributed by atoms with E-state index in [0.29, 0.717) is 16.7 Å². The molecule has 0 fully saturated rings. The van der Waals surface area contributed by atoms with Crippen LogP contribution in [-0.4, -0.2) is 24.7 Å². The summed E-state index contributed by atoms with van der Waals surface area (Å²) < 4.78 is 27.5. The lowest BCUT2D eigenvalue weighted by atomic mass is 10.1. The van der Waals surface area contributed by atoms with Gasteiger partial charge in [0.15, 0.2) is 0 Å². The maximum atomic E-state index is 13.1. The van der Waals surface area contributed by atoms with Crippen LogP contribution in [0.15, 0.2) is 41.3 Å². The van der Waals surface area contributed by atoms with E-state index in [1.54, 1.807) is 32.9 Å².